The molecule has 0 unspecified atom stereocenters. The number of rotatable bonds is 3. The minimum absolute atomic E-state index is 0.223. The second kappa shape index (κ2) is 7.39. The zero-order chi connectivity index (χ0) is 22.7. The van der Waals surface area contributed by atoms with Gasteiger partial charge in [-0.2, -0.15) is 5.10 Å². The van der Waals surface area contributed by atoms with Crippen molar-refractivity contribution in [1.29, 1.82) is 0 Å². The van der Waals surface area contributed by atoms with Crippen LogP contribution in [0.3, 0.4) is 0 Å². The first-order valence-corrected chi connectivity index (χ1v) is 11.1. The molecule has 0 aromatic heterocycles. The van der Waals surface area contributed by atoms with Crippen molar-refractivity contribution in [2.75, 3.05) is 4.90 Å². The fraction of sp³-hybridized carbons (Fsp3) is 0.154. The van der Waals surface area contributed by atoms with Gasteiger partial charge in [0.2, 0.25) is 11.8 Å². The predicted octanol–water partition coefficient (Wildman–Crippen LogP) is 4.10. The Morgan fingerprint density at radius 3 is 2.36 bits per heavy atom. The average Bonchev–Trinajstić information content (AvgIpc) is 3.32. The number of anilines is 1. The minimum Gasteiger partial charge on any atom is -0.292 e. The first-order valence-electron chi connectivity index (χ1n) is 10.7. The van der Waals surface area contributed by atoms with Gasteiger partial charge in [0.05, 0.1) is 29.8 Å². The summed E-state index contributed by atoms with van der Waals surface area (Å²) in [7, 11) is 0. The summed E-state index contributed by atoms with van der Waals surface area (Å²) in [5, 5.41) is 6.66. The maximum Gasteiger partial charge on any atom is 0.240 e. The number of amides is 2. The van der Waals surface area contributed by atoms with Crippen LogP contribution < -0.4 is 4.90 Å². The SMILES string of the molecule is O=C(c1ccccc1)[C@@H]1[C@H]2C(=O)N(c3cccc(Cl)c3)C(=O)[C@@H]2[C@H]2c3ccccc3C=NN12. The lowest BCUT2D eigenvalue weighted by atomic mass is 9.83. The molecule has 0 spiro atoms. The number of hydrazone groups is 1. The number of Topliss-reactive ketones (excluding diaryl/α,β-unsaturated/α-hetero) is 1. The van der Waals surface area contributed by atoms with Crippen molar-refractivity contribution in [2.45, 2.75) is 12.1 Å². The molecule has 3 heterocycles. The molecule has 2 saturated heterocycles. The Kier molecular flexibility index (Phi) is 4.45. The molecule has 7 heteroatoms. The van der Waals surface area contributed by atoms with Crippen molar-refractivity contribution >= 4 is 41.1 Å². The number of hydrogen-bond donors (Lipinski definition) is 0. The van der Waals surface area contributed by atoms with E-state index < -0.39 is 29.8 Å². The molecule has 2 amide bonds. The third-order valence-corrected chi connectivity index (χ3v) is 6.92. The number of carbonyl (C=O) groups excluding carboxylic acids is 3. The Hall–Kier alpha value is -3.77. The number of nitrogens with zero attached hydrogens (tertiary/aromatic N) is 3. The van der Waals surface area contributed by atoms with Crippen LogP contribution >= 0.6 is 11.6 Å². The van der Waals surface area contributed by atoms with E-state index in [1.54, 1.807) is 59.8 Å². The van der Waals surface area contributed by atoms with Crippen molar-refractivity contribution < 1.29 is 14.4 Å². The standard InChI is InChI=1S/C26H18ClN3O3/c27-17-10-6-11-18(13-17)29-25(32)20-21(26(29)33)23(24(31)15-7-2-1-3-8-15)30-22(20)19-12-5-4-9-16(19)14-28-30/h1-14,20-23H/t20-,21-,22+,23-/m0/s1. The molecular weight excluding hydrogens is 438 g/mol. The van der Waals surface area contributed by atoms with Crippen molar-refractivity contribution in [3.8, 4) is 0 Å². The number of hydrogen-bond acceptors (Lipinski definition) is 5. The summed E-state index contributed by atoms with van der Waals surface area (Å²) in [4.78, 5) is 42.4. The lowest BCUT2D eigenvalue weighted by Gasteiger charge is -2.33. The molecule has 6 rings (SSSR count). The van der Waals surface area contributed by atoms with Crippen LogP contribution in [0.15, 0.2) is 84.0 Å². The zero-order valence-corrected chi connectivity index (χ0v) is 18.1. The molecule has 0 bridgehead atoms. The lowest BCUT2D eigenvalue weighted by molar-refractivity contribution is -0.124. The molecule has 0 saturated carbocycles. The highest BCUT2D eigenvalue weighted by molar-refractivity contribution is 6.31. The summed E-state index contributed by atoms with van der Waals surface area (Å²) in [5.74, 6) is -2.54. The topological polar surface area (TPSA) is 70.0 Å². The van der Waals surface area contributed by atoms with Gasteiger partial charge in [-0.25, -0.2) is 4.90 Å². The highest BCUT2D eigenvalue weighted by Crippen LogP contribution is 2.53. The summed E-state index contributed by atoms with van der Waals surface area (Å²) in [6.45, 7) is 0. The highest BCUT2D eigenvalue weighted by Gasteiger charge is 2.65. The average molecular weight is 456 g/mol. The molecule has 0 radical (unpaired) electrons. The van der Waals surface area contributed by atoms with Gasteiger partial charge in [0, 0.05) is 10.6 Å². The lowest BCUT2D eigenvalue weighted by Crippen LogP contribution is -2.44. The van der Waals surface area contributed by atoms with Gasteiger partial charge in [-0.15, -0.1) is 0 Å². The van der Waals surface area contributed by atoms with Crippen molar-refractivity contribution in [2.24, 2.45) is 16.9 Å². The third kappa shape index (κ3) is 2.87. The Labute approximate surface area is 195 Å². The van der Waals surface area contributed by atoms with E-state index in [0.29, 0.717) is 16.3 Å². The van der Waals surface area contributed by atoms with Gasteiger partial charge >= 0.3 is 0 Å². The largest absolute Gasteiger partial charge is 0.292 e. The number of imide groups is 1. The van der Waals surface area contributed by atoms with Crippen LogP contribution in [0, 0.1) is 11.8 Å². The Bertz CT molecular complexity index is 1340. The quantitative estimate of drug-likeness (QED) is 0.440. The molecule has 3 aliphatic heterocycles. The van der Waals surface area contributed by atoms with Crippen LogP contribution in [-0.4, -0.2) is 34.9 Å². The molecule has 0 N–H and O–H groups in total. The summed E-state index contributed by atoms with van der Waals surface area (Å²) < 4.78 is 0. The van der Waals surface area contributed by atoms with Gasteiger partial charge in [0.1, 0.15) is 6.04 Å². The molecule has 3 aliphatic rings. The second-order valence-electron chi connectivity index (χ2n) is 8.42. The number of halogens is 1. The Balaban J connectivity index is 1.51. The first-order chi connectivity index (χ1) is 16.1. The number of benzene rings is 3. The molecule has 3 aromatic rings. The monoisotopic (exact) mass is 455 g/mol. The minimum atomic E-state index is -0.882. The van der Waals surface area contributed by atoms with Gasteiger partial charge in [0.15, 0.2) is 5.78 Å². The molecular formula is C26H18ClN3O3. The fourth-order valence-electron chi connectivity index (χ4n) is 5.31. The smallest absolute Gasteiger partial charge is 0.240 e. The van der Waals surface area contributed by atoms with E-state index in [0.717, 1.165) is 11.1 Å². The molecule has 33 heavy (non-hydrogen) atoms. The molecule has 3 aromatic carbocycles. The predicted molar refractivity (Wildman–Crippen MR) is 124 cm³/mol. The van der Waals surface area contributed by atoms with Gasteiger partial charge in [-0.1, -0.05) is 72.3 Å². The van der Waals surface area contributed by atoms with Crippen molar-refractivity contribution in [1.82, 2.24) is 5.01 Å². The van der Waals surface area contributed by atoms with Crippen LogP contribution in [0.1, 0.15) is 27.5 Å². The van der Waals surface area contributed by atoms with E-state index in [9.17, 15) is 14.4 Å². The van der Waals surface area contributed by atoms with Crippen molar-refractivity contribution in [3.63, 3.8) is 0 Å². The molecule has 162 valence electrons. The maximum atomic E-state index is 13.8. The van der Waals surface area contributed by atoms with Crippen molar-refractivity contribution in [3.05, 3.63) is 101 Å². The molecule has 4 atom stereocenters. The first kappa shape index (κ1) is 19.9. The van der Waals surface area contributed by atoms with Gasteiger partial charge in [-0.3, -0.25) is 19.4 Å². The molecule has 2 fully saturated rings. The van der Waals surface area contributed by atoms with E-state index in [4.69, 9.17) is 11.6 Å². The number of ketones is 1. The van der Waals surface area contributed by atoms with Gasteiger partial charge in [-0.05, 0) is 29.3 Å². The van der Waals surface area contributed by atoms with E-state index >= 15 is 0 Å². The van der Waals surface area contributed by atoms with E-state index in [-0.39, 0.29) is 11.7 Å². The summed E-state index contributed by atoms with van der Waals surface area (Å²) in [6, 6.07) is 21.8. The van der Waals surface area contributed by atoms with E-state index in [1.807, 2.05) is 30.3 Å². The van der Waals surface area contributed by atoms with Gasteiger partial charge in [0.25, 0.3) is 0 Å². The second-order valence-corrected chi connectivity index (χ2v) is 8.85. The summed E-state index contributed by atoms with van der Waals surface area (Å²) >= 11 is 6.15. The van der Waals surface area contributed by atoms with Crippen LogP contribution in [0.4, 0.5) is 5.69 Å². The summed E-state index contributed by atoms with van der Waals surface area (Å²) in [5.41, 5.74) is 2.67. The zero-order valence-electron chi connectivity index (χ0n) is 17.3. The fourth-order valence-corrected chi connectivity index (χ4v) is 5.50. The molecule has 6 nitrogen and oxygen atoms in total. The van der Waals surface area contributed by atoms with Crippen LogP contribution in [-0.2, 0) is 9.59 Å². The Morgan fingerprint density at radius 1 is 0.848 bits per heavy atom. The normalized spacial score (nSPS) is 25.1. The third-order valence-electron chi connectivity index (χ3n) is 6.69. The number of carbonyl (C=O) groups is 3. The van der Waals surface area contributed by atoms with Gasteiger partial charge < -0.3 is 0 Å². The molecule has 0 aliphatic carbocycles. The number of fused-ring (bicyclic) bond motifs is 5. The highest BCUT2D eigenvalue weighted by atomic mass is 35.5. The van der Waals surface area contributed by atoms with E-state index in [1.165, 1.54) is 4.90 Å². The Morgan fingerprint density at radius 2 is 1.58 bits per heavy atom. The summed E-state index contributed by atoms with van der Waals surface area (Å²) in [6.07, 6.45) is 1.70. The van der Waals surface area contributed by atoms with Crippen LogP contribution in [0.5, 0.6) is 0 Å². The van der Waals surface area contributed by atoms with Crippen LogP contribution in [0.25, 0.3) is 0 Å². The van der Waals surface area contributed by atoms with E-state index in [2.05, 4.69) is 5.10 Å². The maximum absolute atomic E-state index is 13.8. The van der Waals surface area contributed by atoms with Crippen LogP contribution in [0.2, 0.25) is 5.02 Å².